The molecular formula is C12H18N2O4S. The minimum Gasteiger partial charge on any atom is -0.480 e. The number of carboxylic acids is 1. The smallest absolute Gasteiger partial charge is 0.321 e. The first-order chi connectivity index (χ1) is 8.93. The van der Waals surface area contributed by atoms with E-state index in [9.17, 15) is 19.5 Å². The van der Waals surface area contributed by atoms with Gasteiger partial charge in [-0.2, -0.15) is 11.8 Å². The van der Waals surface area contributed by atoms with Gasteiger partial charge in [-0.15, -0.1) is 0 Å². The highest BCUT2D eigenvalue weighted by Gasteiger charge is 2.46. The summed E-state index contributed by atoms with van der Waals surface area (Å²) in [7, 11) is 0. The number of carboxylic acid groups (broad SMARTS) is 1. The molecule has 19 heavy (non-hydrogen) atoms. The van der Waals surface area contributed by atoms with Crippen LogP contribution in [0.2, 0.25) is 0 Å². The minimum absolute atomic E-state index is 0.103. The molecule has 0 aromatic rings. The van der Waals surface area contributed by atoms with E-state index in [-0.39, 0.29) is 24.3 Å². The van der Waals surface area contributed by atoms with E-state index in [4.69, 9.17) is 0 Å². The molecule has 6 nitrogen and oxygen atoms in total. The van der Waals surface area contributed by atoms with Gasteiger partial charge in [0.25, 0.3) is 0 Å². The Bertz CT molecular complexity index is 413. The summed E-state index contributed by atoms with van der Waals surface area (Å²) < 4.78 is 0. The number of nitrogens with zero attached hydrogens (tertiary/aromatic N) is 2. The number of hydrogen-bond donors (Lipinski definition) is 1. The van der Waals surface area contributed by atoms with Crippen LogP contribution in [0, 0.1) is 0 Å². The zero-order valence-electron chi connectivity index (χ0n) is 11.0. The van der Waals surface area contributed by atoms with Crippen LogP contribution < -0.4 is 0 Å². The van der Waals surface area contributed by atoms with Crippen LogP contribution >= 0.6 is 11.8 Å². The Balaban J connectivity index is 2.19. The molecule has 2 saturated heterocycles. The van der Waals surface area contributed by atoms with Crippen molar-refractivity contribution in [1.82, 2.24) is 9.80 Å². The predicted octanol–water partition coefficient (Wildman–Crippen LogP) is 0.0243. The fraction of sp³-hybridized carbons (Fsp3) is 0.750. The fourth-order valence-electron chi connectivity index (χ4n) is 2.64. The molecule has 2 heterocycles. The van der Waals surface area contributed by atoms with Gasteiger partial charge in [-0.3, -0.25) is 24.2 Å². The van der Waals surface area contributed by atoms with Crippen LogP contribution in [0.3, 0.4) is 0 Å². The van der Waals surface area contributed by atoms with Gasteiger partial charge in [-0.25, -0.2) is 0 Å². The summed E-state index contributed by atoms with van der Waals surface area (Å²) in [5, 5.41) is 9.23. The lowest BCUT2D eigenvalue weighted by atomic mass is 10.1. The average Bonchev–Trinajstić information content (AvgIpc) is 2.64. The number of rotatable bonds is 3. The van der Waals surface area contributed by atoms with Crippen LogP contribution in [-0.2, 0) is 14.4 Å². The molecule has 2 aliphatic rings. The number of aliphatic carboxylic acids is 1. The first kappa shape index (κ1) is 14.3. The predicted molar refractivity (Wildman–Crippen MR) is 70.8 cm³/mol. The Kier molecular flexibility index (Phi) is 4.15. The topological polar surface area (TPSA) is 77.9 Å². The van der Waals surface area contributed by atoms with Crippen LogP contribution in [0.4, 0.5) is 0 Å². The summed E-state index contributed by atoms with van der Waals surface area (Å²) in [6, 6.07) is -1.45. The molecule has 0 bridgehead atoms. The SMILES string of the molecule is CC(C)N1C(=O)CC(N2CCSCC2C(=O)O)C1=O. The molecule has 0 aromatic heterocycles. The van der Waals surface area contributed by atoms with Gasteiger partial charge in [0.1, 0.15) is 6.04 Å². The van der Waals surface area contributed by atoms with E-state index < -0.39 is 18.1 Å². The van der Waals surface area contributed by atoms with Crippen molar-refractivity contribution in [2.24, 2.45) is 0 Å². The third-order valence-corrected chi connectivity index (χ3v) is 4.55. The van der Waals surface area contributed by atoms with Gasteiger partial charge in [-0.1, -0.05) is 0 Å². The van der Waals surface area contributed by atoms with Gasteiger partial charge < -0.3 is 5.11 Å². The standard InChI is InChI=1S/C12H18N2O4S/c1-7(2)14-10(15)5-8(11(14)16)13-3-4-19-6-9(13)12(17)18/h7-9H,3-6H2,1-2H3,(H,17,18). The highest BCUT2D eigenvalue weighted by Crippen LogP contribution is 2.27. The maximum atomic E-state index is 12.3. The first-order valence-electron chi connectivity index (χ1n) is 6.35. The van der Waals surface area contributed by atoms with Gasteiger partial charge in [0.2, 0.25) is 11.8 Å². The van der Waals surface area contributed by atoms with E-state index in [1.54, 1.807) is 30.5 Å². The lowest BCUT2D eigenvalue weighted by molar-refractivity contribution is -0.145. The molecule has 0 radical (unpaired) electrons. The van der Waals surface area contributed by atoms with Gasteiger partial charge in [0.05, 0.1) is 12.5 Å². The van der Waals surface area contributed by atoms with Gasteiger partial charge >= 0.3 is 5.97 Å². The van der Waals surface area contributed by atoms with Crippen molar-refractivity contribution < 1.29 is 19.5 Å². The number of carbonyl (C=O) groups excluding carboxylic acids is 2. The normalized spacial score (nSPS) is 29.3. The lowest BCUT2D eigenvalue weighted by Crippen LogP contribution is -2.54. The minimum atomic E-state index is -0.921. The van der Waals surface area contributed by atoms with Crippen molar-refractivity contribution in [3.8, 4) is 0 Å². The largest absolute Gasteiger partial charge is 0.480 e. The van der Waals surface area contributed by atoms with Crippen molar-refractivity contribution in [3.05, 3.63) is 0 Å². The molecule has 0 saturated carbocycles. The zero-order chi connectivity index (χ0) is 14.2. The number of hydrogen-bond acceptors (Lipinski definition) is 5. The van der Waals surface area contributed by atoms with Crippen molar-refractivity contribution in [3.63, 3.8) is 0 Å². The van der Waals surface area contributed by atoms with E-state index in [0.717, 1.165) is 5.75 Å². The Morgan fingerprint density at radius 3 is 2.63 bits per heavy atom. The van der Waals surface area contributed by atoms with Gasteiger partial charge in [0.15, 0.2) is 0 Å². The van der Waals surface area contributed by atoms with Crippen LogP contribution in [-0.4, -0.2) is 68.9 Å². The molecule has 106 valence electrons. The highest BCUT2D eigenvalue weighted by molar-refractivity contribution is 7.99. The van der Waals surface area contributed by atoms with Crippen LogP contribution in [0.25, 0.3) is 0 Å². The number of likely N-dealkylation sites (tertiary alicyclic amines) is 1. The zero-order valence-corrected chi connectivity index (χ0v) is 11.9. The summed E-state index contributed by atoms with van der Waals surface area (Å²) in [6.45, 7) is 4.12. The van der Waals surface area contributed by atoms with Crippen LogP contribution in [0.1, 0.15) is 20.3 Å². The van der Waals surface area contributed by atoms with Crippen molar-refractivity contribution in [2.75, 3.05) is 18.1 Å². The number of imide groups is 1. The first-order valence-corrected chi connectivity index (χ1v) is 7.51. The van der Waals surface area contributed by atoms with E-state index in [0.29, 0.717) is 12.3 Å². The lowest BCUT2D eigenvalue weighted by Gasteiger charge is -2.35. The number of carbonyl (C=O) groups is 3. The van der Waals surface area contributed by atoms with Crippen LogP contribution in [0.15, 0.2) is 0 Å². The van der Waals surface area contributed by atoms with E-state index in [1.165, 1.54) is 4.90 Å². The summed E-state index contributed by atoms with van der Waals surface area (Å²) >= 11 is 1.57. The molecule has 2 atom stereocenters. The van der Waals surface area contributed by atoms with Crippen LogP contribution in [0.5, 0.6) is 0 Å². The molecule has 1 N–H and O–H groups in total. The third kappa shape index (κ3) is 2.62. The Labute approximate surface area is 116 Å². The second-order valence-corrected chi connectivity index (χ2v) is 6.23. The maximum Gasteiger partial charge on any atom is 0.321 e. The molecule has 7 heteroatoms. The number of thioether (sulfide) groups is 1. The van der Waals surface area contributed by atoms with E-state index in [1.807, 2.05) is 0 Å². The third-order valence-electron chi connectivity index (χ3n) is 3.53. The second-order valence-electron chi connectivity index (χ2n) is 5.08. The summed E-state index contributed by atoms with van der Waals surface area (Å²) in [6.07, 6.45) is 0.103. The molecule has 2 fully saturated rings. The number of amides is 2. The van der Waals surface area contributed by atoms with Crippen molar-refractivity contribution in [2.45, 2.75) is 38.4 Å². The monoisotopic (exact) mass is 286 g/mol. The van der Waals surface area contributed by atoms with Gasteiger partial charge in [-0.05, 0) is 13.8 Å². The maximum absolute atomic E-state index is 12.3. The molecule has 2 aliphatic heterocycles. The van der Waals surface area contributed by atoms with E-state index >= 15 is 0 Å². The van der Waals surface area contributed by atoms with Crippen molar-refractivity contribution >= 4 is 29.5 Å². The quantitative estimate of drug-likeness (QED) is 0.737. The molecule has 2 rings (SSSR count). The molecular weight excluding hydrogens is 268 g/mol. The van der Waals surface area contributed by atoms with Gasteiger partial charge in [0, 0.05) is 24.1 Å². The molecule has 2 unspecified atom stereocenters. The summed E-state index contributed by atoms with van der Waals surface area (Å²) in [4.78, 5) is 38.4. The Morgan fingerprint density at radius 2 is 2.11 bits per heavy atom. The molecule has 0 spiro atoms. The molecule has 2 amide bonds. The molecule has 0 aliphatic carbocycles. The molecule has 0 aromatic carbocycles. The summed E-state index contributed by atoms with van der Waals surface area (Å²) in [5.41, 5.74) is 0. The Hall–Kier alpha value is -1.08. The summed E-state index contributed by atoms with van der Waals surface area (Å²) in [5.74, 6) is -0.112. The second kappa shape index (κ2) is 5.50. The highest BCUT2D eigenvalue weighted by atomic mass is 32.2. The van der Waals surface area contributed by atoms with Crippen molar-refractivity contribution in [1.29, 1.82) is 0 Å². The Morgan fingerprint density at radius 1 is 1.42 bits per heavy atom. The van der Waals surface area contributed by atoms with E-state index in [2.05, 4.69) is 0 Å². The average molecular weight is 286 g/mol. The fourth-order valence-corrected chi connectivity index (χ4v) is 3.70.